The predicted molar refractivity (Wildman–Crippen MR) is 77.2 cm³/mol. The van der Waals surface area contributed by atoms with E-state index in [2.05, 4.69) is 24.0 Å². The molecular formula is C18H14. The summed E-state index contributed by atoms with van der Waals surface area (Å²) < 4.78 is 0. The first-order valence-corrected chi connectivity index (χ1v) is 5.80. The zero-order valence-electron chi connectivity index (χ0n) is 10.6. The molecule has 0 amide bonds. The van der Waals surface area contributed by atoms with Gasteiger partial charge in [-0.15, -0.1) is 12.8 Å². The Kier molecular flexibility index (Phi) is 3.22. The SMILES string of the molecule is C#Cc1cc(C)ccc1-c1ccc(C)cc1C#C. The average Bonchev–Trinajstić information content (AvgIpc) is 2.38. The summed E-state index contributed by atoms with van der Waals surface area (Å²) in [6.45, 7) is 4.06. The summed E-state index contributed by atoms with van der Waals surface area (Å²) in [5.74, 6) is 5.46. The predicted octanol–water partition coefficient (Wildman–Crippen LogP) is 3.93. The van der Waals surface area contributed by atoms with Crippen LogP contribution >= 0.6 is 0 Å². The van der Waals surface area contributed by atoms with Crippen LogP contribution in [0.15, 0.2) is 36.4 Å². The molecule has 0 bridgehead atoms. The minimum Gasteiger partial charge on any atom is -0.115 e. The lowest BCUT2D eigenvalue weighted by Gasteiger charge is -2.09. The first-order valence-electron chi connectivity index (χ1n) is 5.80. The third-order valence-corrected chi connectivity index (χ3v) is 2.95. The molecule has 0 heterocycles. The van der Waals surface area contributed by atoms with E-state index in [4.69, 9.17) is 12.8 Å². The molecule has 0 nitrogen and oxygen atoms in total. The van der Waals surface area contributed by atoms with Crippen molar-refractivity contribution in [2.45, 2.75) is 13.8 Å². The van der Waals surface area contributed by atoms with Gasteiger partial charge in [0.15, 0.2) is 0 Å². The molecule has 0 aliphatic rings. The normalized spacial score (nSPS) is 9.56. The van der Waals surface area contributed by atoms with Crippen molar-refractivity contribution in [1.29, 1.82) is 0 Å². The Labute approximate surface area is 109 Å². The van der Waals surface area contributed by atoms with Gasteiger partial charge in [0.25, 0.3) is 0 Å². The Balaban J connectivity index is 2.71. The first-order chi connectivity index (χ1) is 8.65. The fraction of sp³-hybridized carbons (Fsp3) is 0.111. The highest BCUT2D eigenvalue weighted by Crippen LogP contribution is 2.28. The van der Waals surface area contributed by atoms with Crippen molar-refractivity contribution >= 4 is 0 Å². The minimum atomic E-state index is 0.885. The van der Waals surface area contributed by atoms with Crippen molar-refractivity contribution in [2.75, 3.05) is 0 Å². The van der Waals surface area contributed by atoms with E-state index >= 15 is 0 Å². The number of hydrogen-bond acceptors (Lipinski definition) is 0. The summed E-state index contributed by atoms with van der Waals surface area (Å²) >= 11 is 0. The van der Waals surface area contributed by atoms with Crippen molar-refractivity contribution in [3.05, 3.63) is 58.7 Å². The maximum Gasteiger partial charge on any atom is 0.0324 e. The van der Waals surface area contributed by atoms with E-state index in [0.717, 1.165) is 33.4 Å². The summed E-state index contributed by atoms with van der Waals surface area (Å²) in [4.78, 5) is 0. The Morgan fingerprint density at radius 2 is 1.11 bits per heavy atom. The summed E-state index contributed by atoms with van der Waals surface area (Å²) in [7, 11) is 0. The Morgan fingerprint density at radius 1 is 0.722 bits per heavy atom. The molecule has 18 heavy (non-hydrogen) atoms. The van der Waals surface area contributed by atoms with E-state index in [1.54, 1.807) is 0 Å². The number of benzene rings is 2. The van der Waals surface area contributed by atoms with Gasteiger partial charge in [-0.1, -0.05) is 36.1 Å². The van der Waals surface area contributed by atoms with E-state index in [9.17, 15) is 0 Å². The fourth-order valence-electron chi connectivity index (χ4n) is 2.02. The van der Waals surface area contributed by atoms with Crippen LogP contribution < -0.4 is 0 Å². The van der Waals surface area contributed by atoms with Crippen LogP contribution in [-0.2, 0) is 0 Å². The molecule has 0 spiro atoms. The van der Waals surface area contributed by atoms with Crippen molar-refractivity contribution in [3.63, 3.8) is 0 Å². The van der Waals surface area contributed by atoms with Gasteiger partial charge in [0.1, 0.15) is 0 Å². The van der Waals surface area contributed by atoms with Crippen LogP contribution in [0.5, 0.6) is 0 Å². The van der Waals surface area contributed by atoms with Gasteiger partial charge in [-0.3, -0.25) is 0 Å². The van der Waals surface area contributed by atoms with Crippen molar-refractivity contribution in [2.24, 2.45) is 0 Å². The van der Waals surface area contributed by atoms with Crippen LogP contribution in [0.4, 0.5) is 0 Å². The molecule has 0 heteroatoms. The summed E-state index contributed by atoms with van der Waals surface area (Å²) in [6.07, 6.45) is 11.2. The van der Waals surface area contributed by atoms with Crippen molar-refractivity contribution < 1.29 is 0 Å². The Bertz CT molecular complexity index is 615. The van der Waals surface area contributed by atoms with Gasteiger partial charge in [0.2, 0.25) is 0 Å². The van der Waals surface area contributed by atoms with Crippen LogP contribution in [-0.4, -0.2) is 0 Å². The average molecular weight is 230 g/mol. The third-order valence-electron chi connectivity index (χ3n) is 2.95. The summed E-state index contributed by atoms with van der Waals surface area (Å²) in [6, 6.07) is 12.2. The fourth-order valence-corrected chi connectivity index (χ4v) is 2.02. The molecule has 0 saturated heterocycles. The number of rotatable bonds is 1. The molecule has 86 valence electrons. The summed E-state index contributed by atoms with van der Waals surface area (Å²) in [5.41, 5.74) is 6.12. The van der Waals surface area contributed by atoms with E-state index in [0.29, 0.717) is 0 Å². The van der Waals surface area contributed by atoms with Crippen LogP contribution in [0, 0.1) is 38.5 Å². The number of terminal acetylenes is 2. The zero-order chi connectivity index (χ0) is 13.1. The lowest BCUT2D eigenvalue weighted by Crippen LogP contribution is -1.90. The van der Waals surface area contributed by atoms with Crippen LogP contribution in [0.1, 0.15) is 22.3 Å². The maximum absolute atomic E-state index is 5.58. The first kappa shape index (κ1) is 12.0. The Hall–Kier alpha value is -2.44. The lowest BCUT2D eigenvalue weighted by atomic mass is 9.93. The van der Waals surface area contributed by atoms with Crippen molar-refractivity contribution in [3.8, 4) is 35.8 Å². The maximum atomic E-state index is 5.58. The highest BCUT2D eigenvalue weighted by atomic mass is 14.1. The van der Waals surface area contributed by atoms with Crippen LogP contribution in [0.3, 0.4) is 0 Å². The lowest BCUT2D eigenvalue weighted by molar-refractivity contribution is 1.42. The molecule has 0 radical (unpaired) electrons. The van der Waals surface area contributed by atoms with Gasteiger partial charge in [0.05, 0.1) is 0 Å². The molecule has 0 saturated carbocycles. The second-order valence-electron chi connectivity index (χ2n) is 4.39. The molecule has 2 rings (SSSR count). The largest absolute Gasteiger partial charge is 0.115 e. The minimum absolute atomic E-state index is 0.885. The molecule has 0 N–H and O–H groups in total. The van der Waals surface area contributed by atoms with Gasteiger partial charge < -0.3 is 0 Å². The second-order valence-corrected chi connectivity index (χ2v) is 4.39. The molecule has 0 aliphatic carbocycles. The molecule has 0 aromatic heterocycles. The molecular weight excluding hydrogens is 216 g/mol. The molecule has 0 unspecified atom stereocenters. The highest BCUT2D eigenvalue weighted by molar-refractivity contribution is 5.76. The van der Waals surface area contributed by atoms with E-state index in [1.807, 2.05) is 38.1 Å². The smallest absolute Gasteiger partial charge is 0.0324 e. The second kappa shape index (κ2) is 4.82. The number of hydrogen-bond donors (Lipinski definition) is 0. The molecule has 2 aromatic carbocycles. The van der Waals surface area contributed by atoms with Gasteiger partial charge in [-0.2, -0.15) is 0 Å². The number of aryl methyl sites for hydroxylation is 2. The van der Waals surface area contributed by atoms with Crippen LogP contribution in [0.2, 0.25) is 0 Å². The van der Waals surface area contributed by atoms with Gasteiger partial charge in [0, 0.05) is 11.1 Å². The van der Waals surface area contributed by atoms with Crippen LogP contribution in [0.25, 0.3) is 11.1 Å². The topological polar surface area (TPSA) is 0 Å². The monoisotopic (exact) mass is 230 g/mol. The third kappa shape index (κ3) is 2.15. The molecule has 2 aromatic rings. The quantitative estimate of drug-likeness (QED) is 0.651. The van der Waals surface area contributed by atoms with Gasteiger partial charge in [-0.25, -0.2) is 0 Å². The molecule has 0 fully saturated rings. The van der Waals surface area contributed by atoms with E-state index in [-0.39, 0.29) is 0 Å². The Morgan fingerprint density at radius 3 is 1.44 bits per heavy atom. The van der Waals surface area contributed by atoms with E-state index in [1.165, 1.54) is 0 Å². The van der Waals surface area contributed by atoms with Crippen molar-refractivity contribution in [1.82, 2.24) is 0 Å². The highest BCUT2D eigenvalue weighted by Gasteiger charge is 2.07. The van der Waals surface area contributed by atoms with E-state index < -0.39 is 0 Å². The molecule has 0 atom stereocenters. The molecule has 0 aliphatic heterocycles. The van der Waals surface area contributed by atoms with Gasteiger partial charge >= 0.3 is 0 Å². The standard InChI is InChI=1S/C18H14/c1-5-15-11-13(3)7-9-17(15)18-10-8-14(4)12-16(18)6-2/h1-2,7-12H,3-4H3. The summed E-state index contributed by atoms with van der Waals surface area (Å²) in [5, 5.41) is 0. The van der Waals surface area contributed by atoms with Gasteiger partial charge in [-0.05, 0) is 48.2 Å². The zero-order valence-corrected chi connectivity index (χ0v) is 10.6.